The Balaban J connectivity index is 1.59. The highest BCUT2D eigenvalue weighted by molar-refractivity contribution is 5.48. The van der Waals surface area contributed by atoms with E-state index in [9.17, 15) is 0 Å². The third-order valence-electron chi connectivity index (χ3n) is 3.38. The van der Waals surface area contributed by atoms with Crippen LogP contribution in [0.3, 0.4) is 0 Å². The number of fused-ring (bicyclic) bond motifs is 1. The molecule has 1 aliphatic rings. The SMILES string of the molecule is C(=C\c1ccccc1)/CN1Cc2ccccc2C1. The van der Waals surface area contributed by atoms with Gasteiger partial charge in [-0.05, 0) is 16.7 Å². The largest absolute Gasteiger partial charge is 0.291 e. The topological polar surface area (TPSA) is 3.24 Å². The summed E-state index contributed by atoms with van der Waals surface area (Å²) < 4.78 is 0. The zero-order valence-corrected chi connectivity index (χ0v) is 10.4. The first kappa shape index (κ1) is 11.2. The smallest absolute Gasteiger partial charge is 0.0243 e. The van der Waals surface area contributed by atoms with E-state index in [0.29, 0.717) is 0 Å². The van der Waals surface area contributed by atoms with E-state index >= 15 is 0 Å². The van der Waals surface area contributed by atoms with E-state index in [4.69, 9.17) is 0 Å². The van der Waals surface area contributed by atoms with Crippen molar-refractivity contribution in [2.75, 3.05) is 6.54 Å². The minimum atomic E-state index is 1.02. The van der Waals surface area contributed by atoms with Crippen LogP contribution in [0.2, 0.25) is 0 Å². The number of hydrogen-bond donors (Lipinski definition) is 0. The van der Waals surface area contributed by atoms with Gasteiger partial charge in [0.15, 0.2) is 0 Å². The van der Waals surface area contributed by atoms with Crippen molar-refractivity contribution in [3.05, 3.63) is 77.4 Å². The molecule has 90 valence electrons. The summed E-state index contributed by atoms with van der Waals surface area (Å²) >= 11 is 0. The van der Waals surface area contributed by atoms with E-state index in [2.05, 4.69) is 71.6 Å². The third kappa shape index (κ3) is 2.52. The molecule has 1 aliphatic heterocycles. The van der Waals surface area contributed by atoms with Gasteiger partial charge in [0.05, 0.1) is 0 Å². The van der Waals surface area contributed by atoms with Gasteiger partial charge in [-0.25, -0.2) is 0 Å². The van der Waals surface area contributed by atoms with Crippen LogP contribution in [0.15, 0.2) is 60.7 Å². The fourth-order valence-electron chi connectivity index (χ4n) is 2.43. The van der Waals surface area contributed by atoms with Crippen molar-refractivity contribution < 1.29 is 0 Å². The predicted molar refractivity (Wildman–Crippen MR) is 76.0 cm³/mol. The van der Waals surface area contributed by atoms with Gasteiger partial charge in [-0.15, -0.1) is 0 Å². The summed E-state index contributed by atoms with van der Waals surface area (Å²) in [4.78, 5) is 2.46. The lowest BCUT2D eigenvalue weighted by Gasteiger charge is -2.11. The molecule has 1 heterocycles. The van der Waals surface area contributed by atoms with Gasteiger partial charge in [0.1, 0.15) is 0 Å². The molecule has 0 aromatic heterocycles. The first-order valence-electron chi connectivity index (χ1n) is 6.42. The summed E-state index contributed by atoms with van der Waals surface area (Å²) in [5.74, 6) is 0. The molecule has 0 fully saturated rings. The van der Waals surface area contributed by atoms with Crippen LogP contribution < -0.4 is 0 Å². The number of hydrogen-bond acceptors (Lipinski definition) is 1. The molecule has 0 N–H and O–H groups in total. The van der Waals surface area contributed by atoms with Crippen LogP contribution in [0.25, 0.3) is 6.08 Å². The molecule has 0 saturated carbocycles. The van der Waals surface area contributed by atoms with E-state index < -0.39 is 0 Å². The first-order chi connectivity index (χ1) is 8.92. The highest BCUT2D eigenvalue weighted by Crippen LogP contribution is 2.21. The lowest BCUT2D eigenvalue weighted by molar-refractivity contribution is 0.317. The van der Waals surface area contributed by atoms with Crippen molar-refractivity contribution in [1.82, 2.24) is 4.90 Å². The van der Waals surface area contributed by atoms with E-state index in [1.165, 1.54) is 16.7 Å². The van der Waals surface area contributed by atoms with Crippen LogP contribution in [0.1, 0.15) is 16.7 Å². The van der Waals surface area contributed by atoms with Gasteiger partial charge in [-0.1, -0.05) is 66.7 Å². The second-order valence-electron chi connectivity index (χ2n) is 4.75. The van der Waals surface area contributed by atoms with Crippen LogP contribution in [-0.4, -0.2) is 11.4 Å². The summed E-state index contributed by atoms with van der Waals surface area (Å²) in [6, 6.07) is 19.2. The molecule has 0 unspecified atom stereocenters. The fourth-order valence-corrected chi connectivity index (χ4v) is 2.43. The second-order valence-corrected chi connectivity index (χ2v) is 4.75. The molecule has 0 saturated heterocycles. The average Bonchev–Trinajstić information content (AvgIpc) is 2.82. The van der Waals surface area contributed by atoms with E-state index in [0.717, 1.165) is 19.6 Å². The first-order valence-corrected chi connectivity index (χ1v) is 6.42. The summed E-state index contributed by atoms with van der Waals surface area (Å²) in [6.45, 7) is 3.17. The van der Waals surface area contributed by atoms with Gasteiger partial charge >= 0.3 is 0 Å². The van der Waals surface area contributed by atoms with Crippen molar-refractivity contribution in [3.63, 3.8) is 0 Å². The quantitative estimate of drug-likeness (QED) is 0.783. The molecule has 0 bridgehead atoms. The van der Waals surface area contributed by atoms with Gasteiger partial charge < -0.3 is 0 Å². The molecule has 1 heteroatoms. The van der Waals surface area contributed by atoms with Crippen LogP contribution >= 0.6 is 0 Å². The Hall–Kier alpha value is -1.86. The van der Waals surface area contributed by atoms with Crippen LogP contribution in [0.5, 0.6) is 0 Å². The number of benzene rings is 2. The van der Waals surface area contributed by atoms with Crippen molar-refractivity contribution in [1.29, 1.82) is 0 Å². The second kappa shape index (κ2) is 5.19. The maximum atomic E-state index is 2.46. The monoisotopic (exact) mass is 235 g/mol. The summed E-state index contributed by atoms with van der Waals surface area (Å²) in [6.07, 6.45) is 4.45. The minimum absolute atomic E-state index is 1.02. The van der Waals surface area contributed by atoms with Crippen LogP contribution in [-0.2, 0) is 13.1 Å². The molecule has 0 amide bonds. The molecule has 0 atom stereocenters. The maximum absolute atomic E-state index is 2.46. The Morgan fingerprint density at radius 2 is 1.44 bits per heavy atom. The summed E-state index contributed by atoms with van der Waals surface area (Å²) in [5.41, 5.74) is 4.23. The maximum Gasteiger partial charge on any atom is 0.0243 e. The van der Waals surface area contributed by atoms with Crippen LogP contribution in [0.4, 0.5) is 0 Å². The number of rotatable bonds is 3. The van der Waals surface area contributed by atoms with E-state index in [-0.39, 0.29) is 0 Å². The van der Waals surface area contributed by atoms with Gasteiger partial charge in [0.25, 0.3) is 0 Å². The number of nitrogens with zero attached hydrogens (tertiary/aromatic N) is 1. The molecule has 0 radical (unpaired) electrons. The van der Waals surface area contributed by atoms with Gasteiger partial charge in [-0.2, -0.15) is 0 Å². The molecular formula is C17H17N. The highest BCUT2D eigenvalue weighted by atomic mass is 15.1. The Bertz CT molecular complexity index is 518. The minimum Gasteiger partial charge on any atom is -0.291 e. The van der Waals surface area contributed by atoms with Gasteiger partial charge in [0, 0.05) is 19.6 Å². The van der Waals surface area contributed by atoms with Gasteiger partial charge in [0.2, 0.25) is 0 Å². The van der Waals surface area contributed by atoms with Gasteiger partial charge in [-0.3, -0.25) is 4.90 Å². The van der Waals surface area contributed by atoms with Crippen molar-refractivity contribution in [2.45, 2.75) is 13.1 Å². The Morgan fingerprint density at radius 1 is 0.833 bits per heavy atom. The zero-order chi connectivity index (χ0) is 12.2. The Kier molecular flexibility index (Phi) is 3.24. The molecule has 2 aromatic carbocycles. The molecular weight excluding hydrogens is 218 g/mol. The summed E-state index contributed by atoms with van der Waals surface area (Å²) in [5, 5.41) is 0. The summed E-state index contributed by atoms with van der Waals surface area (Å²) in [7, 11) is 0. The predicted octanol–water partition coefficient (Wildman–Crippen LogP) is 3.72. The van der Waals surface area contributed by atoms with Crippen molar-refractivity contribution >= 4 is 6.08 Å². The molecule has 0 aliphatic carbocycles. The van der Waals surface area contributed by atoms with E-state index in [1.807, 2.05) is 0 Å². The van der Waals surface area contributed by atoms with E-state index in [1.54, 1.807) is 0 Å². The fraction of sp³-hybridized carbons (Fsp3) is 0.176. The molecule has 18 heavy (non-hydrogen) atoms. The average molecular weight is 235 g/mol. The van der Waals surface area contributed by atoms with Crippen molar-refractivity contribution in [3.8, 4) is 0 Å². The molecule has 2 aromatic rings. The Labute approximate surface area is 108 Å². The van der Waals surface area contributed by atoms with Crippen molar-refractivity contribution in [2.24, 2.45) is 0 Å². The zero-order valence-electron chi connectivity index (χ0n) is 10.4. The molecule has 0 spiro atoms. The normalized spacial score (nSPS) is 15.1. The molecule has 1 nitrogen and oxygen atoms in total. The molecule has 3 rings (SSSR count). The van der Waals surface area contributed by atoms with Crippen LogP contribution in [0, 0.1) is 0 Å². The standard InChI is InChI=1S/C17H17N/c1-2-7-15(8-3-1)9-6-12-18-13-16-10-4-5-11-17(16)14-18/h1-11H,12-14H2/b9-6+. The lowest BCUT2D eigenvalue weighted by Crippen LogP contribution is -2.15. The highest BCUT2D eigenvalue weighted by Gasteiger charge is 2.16. The third-order valence-corrected chi connectivity index (χ3v) is 3.38. The Morgan fingerprint density at radius 3 is 2.11 bits per heavy atom. The lowest BCUT2D eigenvalue weighted by atomic mass is 10.1.